The SMILES string of the molecule is O=C(c1cccc(N2CCCC2)c1F)c1c[nH]c2ncc(-c3ccncc3)cc12. The highest BCUT2D eigenvalue weighted by Gasteiger charge is 2.23. The second kappa shape index (κ2) is 7.13. The van der Waals surface area contributed by atoms with Gasteiger partial charge in [-0.25, -0.2) is 9.37 Å². The number of halogens is 1. The molecule has 0 bridgehead atoms. The van der Waals surface area contributed by atoms with Crippen LogP contribution in [-0.4, -0.2) is 33.8 Å². The minimum atomic E-state index is -0.452. The molecule has 5 rings (SSSR count). The fourth-order valence-corrected chi connectivity index (χ4v) is 3.94. The molecule has 4 heterocycles. The third kappa shape index (κ3) is 3.06. The molecule has 0 atom stereocenters. The van der Waals surface area contributed by atoms with Gasteiger partial charge in [0.1, 0.15) is 5.65 Å². The number of fused-ring (bicyclic) bond motifs is 1. The van der Waals surface area contributed by atoms with Gasteiger partial charge in [0.05, 0.1) is 11.3 Å². The van der Waals surface area contributed by atoms with E-state index in [0.29, 0.717) is 22.3 Å². The van der Waals surface area contributed by atoms with Crippen LogP contribution in [-0.2, 0) is 0 Å². The summed E-state index contributed by atoms with van der Waals surface area (Å²) in [5.41, 5.74) is 3.44. The van der Waals surface area contributed by atoms with E-state index in [2.05, 4.69) is 15.0 Å². The molecule has 1 aromatic carbocycles. The first kappa shape index (κ1) is 17.6. The summed E-state index contributed by atoms with van der Waals surface area (Å²) >= 11 is 0. The molecule has 0 unspecified atom stereocenters. The van der Waals surface area contributed by atoms with Crippen LogP contribution in [0.25, 0.3) is 22.2 Å². The molecule has 144 valence electrons. The van der Waals surface area contributed by atoms with Gasteiger partial charge in [0, 0.05) is 54.4 Å². The van der Waals surface area contributed by atoms with Gasteiger partial charge in [0.15, 0.2) is 11.6 Å². The Hall–Kier alpha value is -3.54. The number of pyridine rings is 2. The van der Waals surface area contributed by atoms with Crippen molar-refractivity contribution in [2.45, 2.75) is 12.8 Å². The summed E-state index contributed by atoms with van der Waals surface area (Å²) in [5.74, 6) is -0.796. The first-order valence-electron chi connectivity index (χ1n) is 9.68. The summed E-state index contributed by atoms with van der Waals surface area (Å²) in [6.07, 6.45) is 8.87. The van der Waals surface area contributed by atoms with Crippen LogP contribution in [0.5, 0.6) is 0 Å². The Morgan fingerprint density at radius 3 is 2.62 bits per heavy atom. The largest absolute Gasteiger partial charge is 0.369 e. The lowest BCUT2D eigenvalue weighted by Crippen LogP contribution is -2.20. The second-order valence-electron chi connectivity index (χ2n) is 7.22. The number of H-pyrrole nitrogens is 1. The first-order valence-corrected chi connectivity index (χ1v) is 9.68. The van der Waals surface area contributed by atoms with Gasteiger partial charge in [0.2, 0.25) is 0 Å². The summed E-state index contributed by atoms with van der Waals surface area (Å²) in [5, 5.41) is 0.676. The molecule has 1 saturated heterocycles. The summed E-state index contributed by atoms with van der Waals surface area (Å²) in [7, 11) is 0. The average Bonchev–Trinajstić information content (AvgIpc) is 3.44. The molecule has 0 radical (unpaired) electrons. The average molecular weight is 386 g/mol. The highest BCUT2D eigenvalue weighted by Crippen LogP contribution is 2.30. The molecule has 29 heavy (non-hydrogen) atoms. The van der Waals surface area contributed by atoms with Crippen molar-refractivity contribution in [1.82, 2.24) is 15.0 Å². The van der Waals surface area contributed by atoms with Crippen molar-refractivity contribution < 1.29 is 9.18 Å². The molecular formula is C23H19FN4O. The number of ketones is 1. The molecule has 1 fully saturated rings. The van der Waals surface area contributed by atoms with E-state index in [9.17, 15) is 4.79 Å². The van der Waals surface area contributed by atoms with Gasteiger partial charge in [-0.3, -0.25) is 9.78 Å². The van der Waals surface area contributed by atoms with Crippen molar-refractivity contribution >= 4 is 22.5 Å². The number of hydrogen-bond donors (Lipinski definition) is 1. The Balaban J connectivity index is 1.57. The van der Waals surface area contributed by atoms with E-state index in [-0.39, 0.29) is 11.3 Å². The smallest absolute Gasteiger partial charge is 0.198 e. The molecular weight excluding hydrogens is 367 g/mol. The van der Waals surface area contributed by atoms with Crippen LogP contribution in [0.2, 0.25) is 0 Å². The van der Waals surface area contributed by atoms with E-state index in [4.69, 9.17) is 0 Å². The number of anilines is 1. The summed E-state index contributed by atoms with van der Waals surface area (Å²) in [4.78, 5) is 26.7. The van der Waals surface area contributed by atoms with Crippen molar-refractivity contribution in [3.63, 3.8) is 0 Å². The molecule has 0 aliphatic carbocycles. The Morgan fingerprint density at radius 2 is 1.83 bits per heavy atom. The molecule has 0 saturated carbocycles. The lowest BCUT2D eigenvalue weighted by Gasteiger charge is -2.19. The number of nitrogens with one attached hydrogen (secondary N) is 1. The molecule has 0 spiro atoms. The lowest BCUT2D eigenvalue weighted by molar-refractivity contribution is 0.103. The minimum absolute atomic E-state index is 0.0876. The predicted octanol–water partition coefficient (Wildman–Crippen LogP) is 4.60. The number of nitrogens with zero attached hydrogens (tertiary/aromatic N) is 3. The zero-order chi connectivity index (χ0) is 19.8. The van der Waals surface area contributed by atoms with Gasteiger partial charge < -0.3 is 9.88 Å². The molecule has 5 nitrogen and oxygen atoms in total. The van der Waals surface area contributed by atoms with E-state index in [1.807, 2.05) is 23.1 Å². The van der Waals surface area contributed by atoms with Gasteiger partial charge in [-0.15, -0.1) is 0 Å². The maximum atomic E-state index is 15.2. The quantitative estimate of drug-likeness (QED) is 0.521. The number of hydrogen-bond acceptors (Lipinski definition) is 4. The van der Waals surface area contributed by atoms with E-state index in [0.717, 1.165) is 37.1 Å². The van der Waals surface area contributed by atoms with Crippen LogP contribution in [0.3, 0.4) is 0 Å². The van der Waals surface area contributed by atoms with E-state index in [1.54, 1.807) is 43.0 Å². The van der Waals surface area contributed by atoms with Crippen LogP contribution in [0, 0.1) is 5.82 Å². The molecule has 1 aliphatic heterocycles. The maximum Gasteiger partial charge on any atom is 0.198 e. The minimum Gasteiger partial charge on any atom is -0.369 e. The molecule has 1 aliphatic rings. The zero-order valence-corrected chi connectivity index (χ0v) is 15.7. The third-order valence-electron chi connectivity index (χ3n) is 5.46. The van der Waals surface area contributed by atoms with Crippen LogP contribution in [0.1, 0.15) is 28.8 Å². The third-order valence-corrected chi connectivity index (χ3v) is 5.46. The Kier molecular flexibility index (Phi) is 4.31. The number of benzene rings is 1. The Morgan fingerprint density at radius 1 is 1.03 bits per heavy atom. The highest BCUT2D eigenvalue weighted by molar-refractivity contribution is 6.16. The number of aromatic amines is 1. The molecule has 3 aromatic heterocycles. The van der Waals surface area contributed by atoms with Crippen LogP contribution >= 0.6 is 0 Å². The normalized spacial score (nSPS) is 13.9. The van der Waals surface area contributed by atoms with Crippen molar-refractivity contribution in [2.75, 3.05) is 18.0 Å². The van der Waals surface area contributed by atoms with Gasteiger partial charge in [-0.05, 0) is 48.7 Å². The van der Waals surface area contributed by atoms with E-state index in [1.165, 1.54) is 0 Å². The van der Waals surface area contributed by atoms with Crippen LogP contribution < -0.4 is 4.90 Å². The summed E-state index contributed by atoms with van der Waals surface area (Å²) in [6, 6.07) is 10.7. The molecule has 0 amide bonds. The lowest BCUT2D eigenvalue weighted by atomic mass is 10.0. The van der Waals surface area contributed by atoms with Gasteiger partial charge >= 0.3 is 0 Å². The van der Waals surface area contributed by atoms with Crippen molar-refractivity contribution in [3.05, 3.63) is 78.1 Å². The Bertz CT molecular complexity index is 1200. The van der Waals surface area contributed by atoms with E-state index >= 15 is 4.39 Å². The maximum absolute atomic E-state index is 15.2. The van der Waals surface area contributed by atoms with Crippen molar-refractivity contribution in [3.8, 4) is 11.1 Å². The van der Waals surface area contributed by atoms with Gasteiger partial charge in [0.25, 0.3) is 0 Å². The van der Waals surface area contributed by atoms with Gasteiger partial charge in [-0.2, -0.15) is 0 Å². The fourth-order valence-electron chi connectivity index (χ4n) is 3.94. The molecule has 4 aromatic rings. The summed E-state index contributed by atoms with van der Waals surface area (Å²) in [6.45, 7) is 1.64. The number of aromatic nitrogens is 3. The van der Waals surface area contributed by atoms with Crippen molar-refractivity contribution in [1.29, 1.82) is 0 Å². The Labute approximate surface area is 167 Å². The number of rotatable bonds is 4. The standard InChI is InChI=1S/C23H19FN4O/c24-21-17(4-3-5-20(21)28-10-1-2-11-28)22(29)19-14-27-23-18(19)12-16(13-26-23)15-6-8-25-9-7-15/h3-9,12-14H,1-2,10-11H2,(H,26,27). The monoisotopic (exact) mass is 386 g/mol. The van der Waals surface area contributed by atoms with Crippen LogP contribution in [0.4, 0.5) is 10.1 Å². The topological polar surface area (TPSA) is 61.9 Å². The number of carbonyl (C=O) groups is 1. The highest BCUT2D eigenvalue weighted by atomic mass is 19.1. The molecule has 1 N–H and O–H groups in total. The first-order chi connectivity index (χ1) is 14.2. The predicted molar refractivity (Wildman–Crippen MR) is 111 cm³/mol. The van der Waals surface area contributed by atoms with Crippen LogP contribution in [0.15, 0.2) is 61.2 Å². The van der Waals surface area contributed by atoms with Gasteiger partial charge in [-0.1, -0.05) is 6.07 Å². The fraction of sp³-hybridized carbons (Fsp3) is 0.174. The van der Waals surface area contributed by atoms with E-state index < -0.39 is 5.82 Å². The summed E-state index contributed by atoms with van der Waals surface area (Å²) < 4.78 is 15.2. The van der Waals surface area contributed by atoms with Crippen molar-refractivity contribution in [2.24, 2.45) is 0 Å². The zero-order valence-electron chi connectivity index (χ0n) is 15.7. The molecule has 6 heteroatoms. The number of carbonyl (C=O) groups excluding carboxylic acids is 1. The second-order valence-corrected chi connectivity index (χ2v) is 7.22.